The quantitative estimate of drug-likeness (QED) is 0.666. The summed E-state index contributed by atoms with van der Waals surface area (Å²) >= 11 is 0. The van der Waals surface area contributed by atoms with E-state index >= 15 is 0 Å². The zero-order valence-electron chi connectivity index (χ0n) is 16.8. The lowest BCUT2D eigenvalue weighted by Gasteiger charge is -2.20. The molecule has 0 radical (unpaired) electrons. The first-order valence-corrected chi connectivity index (χ1v) is 10.6. The molecule has 0 aliphatic rings. The molecule has 8 heteroatoms. The van der Waals surface area contributed by atoms with Gasteiger partial charge in [-0.1, -0.05) is 23.8 Å². The maximum absolute atomic E-state index is 13.0. The van der Waals surface area contributed by atoms with E-state index in [0.29, 0.717) is 11.5 Å². The molecule has 0 unspecified atom stereocenters. The highest BCUT2D eigenvalue weighted by atomic mass is 32.2. The van der Waals surface area contributed by atoms with Crippen molar-refractivity contribution in [2.45, 2.75) is 31.7 Å². The molecule has 3 aromatic rings. The normalized spacial score (nSPS) is 11.5. The Morgan fingerprint density at radius 2 is 1.79 bits per heavy atom. The summed E-state index contributed by atoms with van der Waals surface area (Å²) in [7, 11) is -2.31. The Hall–Kier alpha value is -3.13. The Morgan fingerprint density at radius 3 is 2.45 bits per heavy atom. The molecule has 3 rings (SSSR count). The van der Waals surface area contributed by atoms with Crippen molar-refractivity contribution < 1.29 is 13.2 Å². The second-order valence-corrected chi connectivity index (χ2v) is 9.01. The summed E-state index contributed by atoms with van der Waals surface area (Å²) in [4.78, 5) is 12.7. The molecule has 0 aliphatic heterocycles. The maximum Gasteiger partial charge on any atom is 0.264 e. The van der Waals surface area contributed by atoms with Crippen molar-refractivity contribution in [3.63, 3.8) is 0 Å². The van der Waals surface area contributed by atoms with Gasteiger partial charge in [0.1, 0.15) is 5.82 Å². The summed E-state index contributed by atoms with van der Waals surface area (Å²) < 4.78 is 29.0. The summed E-state index contributed by atoms with van der Waals surface area (Å²) in [5.74, 6) is 0.150. The number of hydrogen-bond acceptors (Lipinski definition) is 4. The van der Waals surface area contributed by atoms with Crippen LogP contribution in [-0.4, -0.2) is 31.2 Å². The fraction of sp³-hybridized carbons (Fsp3) is 0.238. The molecule has 7 nitrogen and oxygen atoms in total. The molecule has 152 valence electrons. The van der Waals surface area contributed by atoms with Crippen molar-refractivity contribution in [1.29, 1.82) is 0 Å². The van der Waals surface area contributed by atoms with Gasteiger partial charge in [-0.25, -0.2) is 13.1 Å². The molecule has 0 aliphatic carbocycles. The monoisotopic (exact) mass is 412 g/mol. The van der Waals surface area contributed by atoms with E-state index in [-0.39, 0.29) is 16.5 Å². The van der Waals surface area contributed by atoms with Gasteiger partial charge in [-0.15, -0.1) is 0 Å². The van der Waals surface area contributed by atoms with Crippen LogP contribution in [0.1, 0.15) is 35.8 Å². The Morgan fingerprint density at radius 1 is 1.10 bits per heavy atom. The summed E-state index contributed by atoms with van der Waals surface area (Å²) in [5.41, 5.74) is 1.84. The third-order valence-corrected chi connectivity index (χ3v) is 6.33. The number of aryl methyl sites for hydroxylation is 1. The highest BCUT2D eigenvalue weighted by Crippen LogP contribution is 2.23. The van der Waals surface area contributed by atoms with Crippen molar-refractivity contribution in [2.24, 2.45) is 0 Å². The number of carbonyl (C=O) groups is 1. The number of nitrogens with zero attached hydrogens (tertiary/aromatic N) is 3. The SMILES string of the molecule is Cc1ccc(N(C)S(=O)(=O)c2cccc(C(=O)Nc3ccnn3C(C)C)c2)cc1. The topological polar surface area (TPSA) is 84.3 Å². The summed E-state index contributed by atoms with van der Waals surface area (Å²) in [6, 6.07) is 15.0. The second-order valence-electron chi connectivity index (χ2n) is 7.04. The number of sulfonamides is 1. The minimum absolute atomic E-state index is 0.0468. The van der Waals surface area contributed by atoms with Gasteiger partial charge in [-0.05, 0) is 51.1 Å². The lowest BCUT2D eigenvalue weighted by atomic mass is 10.2. The fourth-order valence-electron chi connectivity index (χ4n) is 2.86. The Bertz CT molecular complexity index is 1120. The average molecular weight is 413 g/mol. The van der Waals surface area contributed by atoms with Crippen LogP contribution in [0.15, 0.2) is 65.7 Å². The summed E-state index contributed by atoms with van der Waals surface area (Å²) in [6.45, 7) is 5.85. The molecule has 0 saturated heterocycles. The maximum atomic E-state index is 13.0. The summed E-state index contributed by atoms with van der Waals surface area (Å²) in [5, 5.41) is 6.97. The van der Waals surface area contributed by atoms with E-state index in [1.54, 1.807) is 41.2 Å². The van der Waals surface area contributed by atoms with Gasteiger partial charge in [0.05, 0.1) is 16.8 Å². The third kappa shape index (κ3) is 4.32. The lowest BCUT2D eigenvalue weighted by molar-refractivity contribution is 0.102. The van der Waals surface area contributed by atoms with Crippen LogP contribution in [0.5, 0.6) is 0 Å². The number of amides is 1. The van der Waals surface area contributed by atoms with Crippen LogP contribution < -0.4 is 9.62 Å². The second kappa shape index (κ2) is 8.08. The first-order chi connectivity index (χ1) is 13.7. The number of carbonyl (C=O) groups excluding carboxylic acids is 1. The molecular formula is C21H24N4O3S. The van der Waals surface area contributed by atoms with Crippen LogP contribution in [0.4, 0.5) is 11.5 Å². The van der Waals surface area contributed by atoms with Gasteiger partial charge in [0, 0.05) is 24.7 Å². The van der Waals surface area contributed by atoms with Gasteiger partial charge in [0.2, 0.25) is 0 Å². The van der Waals surface area contributed by atoms with Crippen molar-refractivity contribution >= 4 is 27.4 Å². The zero-order chi connectivity index (χ0) is 21.2. The standard InChI is InChI=1S/C21H24N4O3S/c1-15(2)25-20(12-13-22-25)23-21(26)17-6-5-7-19(14-17)29(27,28)24(4)18-10-8-16(3)9-11-18/h5-15H,1-4H3,(H,23,26). The number of benzene rings is 2. The average Bonchev–Trinajstić information content (AvgIpc) is 3.16. The minimum Gasteiger partial charge on any atom is -0.307 e. The van der Waals surface area contributed by atoms with E-state index in [0.717, 1.165) is 5.56 Å². The van der Waals surface area contributed by atoms with E-state index in [9.17, 15) is 13.2 Å². The number of anilines is 2. The molecule has 1 N–H and O–H groups in total. The first kappa shape index (κ1) is 20.6. The number of aromatic nitrogens is 2. The van der Waals surface area contributed by atoms with Gasteiger partial charge in [0.15, 0.2) is 0 Å². The molecular weight excluding hydrogens is 388 g/mol. The van der Waals surface area contributed by atoms with Crippen LogP contribution in [0.2, 0.25) is 0 Å². The summed E-state index contributed by atoms with van der Waals surface area (Å²) in [6.07, 6.45) is 1.60. The molecule has 0 bridgehead atoms. The number of hydrogen-bond donors (Lipinski definition) is 1. The van der Waals surface area contributed by atoms with Crippen molar-refractivity contribution in [3.8, 4) is 0 Å². The van der Waals surface area contributed by atoms with Crippen LogP contribution in [0, 0.1) is 6.92 Å². The van der Waals surface area contributed by atoms with Crippen molar-refractivity contribution in [3.05, 3.63) is 71.9 Å². The largest absolute Gasteiger partial charge is 0.307 e. The van der Waals surface area contributed by atoms with Crippen molar-refractivity contribution in [1.82, 2.24) is 9.78 Å². The molecule has 1 amide bonds. The smallest absolute Gasteiger partial charge is 0.264 e. The highest BCUT2D eigenvalue weighted by molar-refractivity contribution is 7.92. The van der Waals surface area contributed by atoms with Crippen LogP contribution >= 0.6 is 0 Å². The lowest BCUT2D eigenvalue weighted by Crippen LogP contribution is -2.27. The predicted octanol–water partition coefficient (Wildman–Crippen LogP) is 3.85. The Balaban J connectivity index is 1.87. The molecule has 1 aromatic heterocycles. The minimum atomic E-state index is -3.81. The first-order valence-electron chi connectivity index (χ1n) is 9.20. The molecule has 0 fully saturated rings. The van der Waals surface area contributed by atoms with Crippen molar-refractivity contribution in [2.75, 3.05) is 16.7 Å². The molecule has 0 atom stereocenters. The fourth-order valence-corrected chi connectivity index (χ4v) is 4.10. The van der Waals surface area contributed by atoms with Gasteiger partial charge in [-0.2, -0.15) is 5.10 Å². The van der Waals surface area contributed by atoms with Crippen LogP contribution in [0.25, 0.3) is 0 Å². The van der Waals surface area contributed by atoms with E-state index in [1.807, 2.05) is 32.9 Å². The Labute approximate surface area is 171 Å². The molecule has 2 aromatic carbocycles. The van der Waals surface area contributed by atoms with E-state index in [4.69, 9.17) is 0 Å². The van der Waals surface area contributed by atoms with E-state index in [2.05, 4.69) is 10.4 Å². The highest BCUT2D eigenvalue weighted by Gasteiger charge is 2.22. The number of rotatable bonds is 6. The zero-order valence-corrected chi connectivity index (χ0v) is 17.6. The molecule has 0 spiro atoms. The van der Waals surface area contributed by atoms with Gasteiger partial charge in [0.25, 0.3) is 15.9 Å². The molecule has 29 heavy (non-hydrogen) atoms. The number of nitrogens with one attached hydrogen (secondary N) is 1. The van der Waals surface area contributed by atoms with E-state index in [1.165, 1.54) is 23.5 Å². The molecule has 0 saturated carbocycles. The van der Waals surface area contributed by atoms with Gasteiger partial charge in [-0.3, -0.25) is 9.10 Å². The van der Waals surface area contributed by atoms with Gasteiger partial charge < -0.3 is 5.32 Å². The third-order valence-electron chi connectivity index (χ3n) is 4.55. The van der Waals surface area contributed by atoms with Crippen LogP contribution in [-0.2, 0) is 10.0 Å². The van der Waals surface area contributed by atoms with Gasteiger partial charge >= 0.3 is 0 Å². The molecule has 1 heterocycles. The Kier molecular flexibility index (Phi) is 5.74. The predicted molar refractivity (Wildman–Crippen MR) is 114 cm³/mol. The van der Waals surface area contributed by atoms with Crippen LogP contribution in [0.3, 0.4) is 0 Å². The van der Waals surface area contributed by atoms with E-state index < -0.39 is 15.9 Å².